The van der Waals surface area contributed by atoms with Crippen molar-refractivity contribution >= 4 is 24.9 Å². The minimum atomic E-state index is -0.657. The van der Waals surface area contributed by atoms with Crippen LogP contribution in [0, 0.1) is 0 Å². The lowest BCUT2D eigenvalue weighted by Crippen LogP contribution is -2.15. The zero-order chi connectivity index (χ0) is 5.15. The molecule has 32 valence electrons. The molecule has 4 heteroatoms. The first-order valence-electron chi connectivity index (χ1n) is 1.32. The number of carbonyl (C=O) groups is 1. The highest BCUT2D eigenvalue weighted by Gasteiger charge is 1.91. The van der Waals surface area contributed by atoms with Crippen LogP contribution in [0.3, 0.4) is 0 Å². The molecule has 2 radical (unpaired) electrons. The van der Waals surface area contributed by atoms with Crippen LogP contribution in [0.2, 0.25) is 0 Å². The van der Waals surface area contributed by atoms with E-state index in [0.29, 0.717) is 0 Å². The van der Waals surface area contributed by atoms with Gasteiger partial charge in [0, 0.05) is 0 Å². The largest absolute Gasteiger partial charge is 0.386 e. The van der Waals surface area contributed by atoms with Crippen molar-refractivity contribution in [2.24, 2.45) is 0 Å². The first-order chi connectivity index (χ1) is 2.64. The van der Waals surface area contributed by atoms with Crippen molar-refractivity contribution in [3.63, 3.8) is 0 Å². The Hall–Kier alpha value is -0.175. The number of amides is 1. The first kappa shape index (κ1) is 5.82. The average Bonchev–Trinajstić information content (AvgIpc) is 1.36. The molecule has 0 unspecified atom stereocenters. The van der Waals surface area contributed by atoms with Gasteiger partial charge in [-0.15, -0.1) is 0 Å². The summed E-state index contributed by atoms with van der Waals surface area (Å²) in [6, 6.07) is 0. The molecule has 0 rings (SSSR count). The van der Waals surface area contributed by atoms with Crippen molar-refractivity contribution in [1.82, 2.24) is 4.81 Å². The predicted molar refractivity (Wildman–Crippen MR) is 24.8 cm³/mol. The van der Waals surface area contributed by atoms with Crippen LogP contribution in [0.4, 0.5) is 4.79 Å². The van der Waals surface area contributed by atoms with Crippen molar-refractivity contribution in [1.29, 1.82) is 0 Å². The molecule has 0 bridgehead atoms. The Labute approximate surface area is 42.5 Å². The number of hydrogen-bond donors (Lipinski definition) is 0. The molecule has 0 aliphatic carbocycles. The van der Waals surface area contributed by atoms with Gasteiger partial charge in [0.05, 0.1) is 0 Å². The van der Waals surface area contributed by atoms with Crippen molar-refractivity contribution in [3.05, 3.63) is 0 Å². The van der Waals surface area contributed by atoms with E-state index in [0.717, 1.165) is 4.81 Å². The number of rotatable bonds is 0. The Balaban J connectivity index is 3.26. The molecule has 0 aliphatic rings. The Bertz CT molecular complexity index is 64.6. The van der Waals surface area contributed by atoms with E-state index in [1.54, 1.807) is 0 Å². The smallest absolute Gasteiger partial charge is 0.303 e. The van der Waals surface area contributed by atoms with Crippen LogP contribution in [0.1, 0.15) is 0 Å². The van der Waals surface area contributed by atoms with Gasteiger partial charge in [-0.2, -0.15) is 0 Å². The second kappa shape index (κ2) is 2.08. The van der Waals surface area contributed by atoms with E-state index in [4.69, 9.17) is 19.6 Å². The van der Waals surface area contributed by atoms with Crippen LogP contribution < -0.4 is 0 Å². The van der Waals surface area contributed by atoms with Gasteiger partial charge in [0.25, 0.3) is 0 Å². The summed E-state index contributed by atoms with van der Waals surface area (Å²) in [5, 5.41) is -0.657. The third kappa shape index (κ3) is 2.09. The normalized spacial score (nSPS) is 7.67. The molecule has 0 aliphatic heterocycles. The summed E-state index contributed by atoms with van der Waals surface area (Å²) < 4.78 is 0. The lowest BCUT2D eigenvalue weighted by atomic mass is 10.4. The molecule has 0 fully saturated rings. The maximum absolute atomic E-state index is 9.71. The third-order valence-electron chi connectivity index (χ3n) is 0.277. The van der Waals surface area contributed by atoms with Crippen LogP contribution in [0.5, 0.6) is 0 Å². The summed E-state index contributed by atoms with van der Waals surface area (Å²) in [6.07, 6.45) is 0. The van der Waals surface area contributed by atoms with Crippen LogP contribution in [0.15, 0.2) is 0 Å². The second-order valence-electron chi connectivity index (χ2n) is 0.864. The maximum Gasteiger partial charge on any atom is 0.303 e. The van der Waals surface area contributed by atoms with Gasteiger partial charge in [-0.1, -0.05) is 0 Å². The molecule has 1 amide bonds. The van der Waals surface area contributed by atoms with Crippen molar-refractivity contribution in [2.75, 3.05) is 7.05 Å². The van der Waals surface area contributed by atoms with Gasteiger partial charge in [-0.05, 0) is 18.6 Å². The molecule has 0 heterocycles. The topological polar surface area (TPSA) is 20.3 Å². The Morgan fingerprint density at radius 2 is 2.17 bits per heavy atom. The molecule has 0 spiro atoms. The van der Waals surface area contributed by atoms with Crippen LogP contribution in [-0.4, -0.2) is 25.2 Å². The van der Waals surface area contributed by atoms with Crippen molar-refractivity contribution in [2.45, 2.75) is 0 Å². The zero-order valence-electron chi connectivity index (χ0n) is 3.31. The fraction of sp³-hybridized carbons (Fsp3) is 0.500. The Kier molecular flexibility index (Phi) is 2.02. The minimum absolute atomic E-state index is 0.657. The number of hydrogen-bond acceptors (Lipinski definition) is 1. The number of halogens is 1. The summed E-state index contributed by atoms with van der Waals surface area (Å²) in [4.78, 5) is 10.5. The van der Waals surface area contributed by atoms with Gasteiger partial charge in [-0.25, -0.2) is 0 Å². The summed E-state index contributed by atoms with van der Waals surface area (Å²) in [6.45, 7) is 0. The van der Waals surface area contributed by atoms with E-state index in [1.165, 1.54) is 7.05 Å². The van der Waals surface area contributed by atoms with Crippen molar-refractivity contribution in [3.8, 4) is 0 Å². The Morgan fingerprint density at radius 3 is 2.17 bits per heavy atom. The van der Waals surface area contributed by atoms with Crippen molar-refractivity contribution < 1.29 is 4.79 Å². The monoisotopic (exact) mass is 103 g/mol. The van der Waals surface area contributed by atoms with Gasteiger partial charge in [-0.3, -0.25) is 4.79 Å². The first-order valence-corrected chi connectivity index (χ1v) is 1.70. The summed E-state index contributed by atoms with van der Waals surface area (Å²) in [5.41, 5.74) is 0. The van der Waals surface area contributed by atoms with E-state index in [2.05, 4.69) is 0 Å². The SMILES string of the molecule is [B]N(C)C(=O)Cl. The molecule has 0 aromatic heterocycles. The summed E-state index contributed by atoms with van der Waals surface area (Å²) in [7, 11) is 6.16. The zero-order valence-corrected chi connectivity index (χ0v) is 4.07. The predicted octanol–water partition coefficient (Wildman–Crippen LogP) is 0.361. The highest BCUT2D eigenvalue weighted by atomic mass is 35.5. The van der Waals surface area contributed by atoms with Gasteiger partial charge < -0.3 is 4.81 Å². The van der Waals surface area contributed by atoms with Crippen LogP contribution in [-0.2, 0) is 0 Å². The number of nitrogens with zero attached hydrogens (tertiary/aromatic N) is 1. The van der Waals surface area contributed by atoms with E-state index >= 15 is 0 Å². The third-order valence-corrected chi connectivity index (χ3v) is 0.544. The maximum atomic E-state index is 9.71. The quantitative estimate of drug-likeness (QED) is 0.246. The minimum Gasteiger partial charge on any atom is -0.386 e. The van der Waals surface area contributed by atoms with E-state index < -0.39 is 5.37 Å². The molecule has 2 nitrogen and oxygen atoms in total. The molecule has 0 atom stereocenters. The van der Waals surface area contributed by atoms with Crippen LogP contribution >= 0.6 is 11.6 Å². The van der Waals surface area contributed by atoms with E-state index in [-0.39, 0.29) is 0 Å². The van der Waals surface area contributed by atoms with Gasteiger partial charge in [0.15, 0.2) is 0 Å². The lowest BCUT2D eigenvalue weighted by molar-refractivity contribution is 0.250. The standard InChI is InChI=1S/C2H3BClNO/c1-5(3)2(4)6/h1H3. The highest BCUT2D eigenvalue weighted by molar-refractivity contribution is 6.64. The van der Waals surface area contributed by atoms with Gasteiger partial charge in [0.1, 0.15) is 0 Å². The lowest BCUT2D eigenvalue weighted by Gasteiger charge is -2.00. The highest BCUT2D eigenvalue weighted by Crippen LogP contribution is 1.82. The fourth-order valence-electron chi connectivity index (χ4n) is 0. The molecule has 0 aromatic rings. The van der Waals surface area contributed by atoms with Crippen LogP contribution in [0.25, 0.3) is 0 Å². The second-order valence-corrected chi connectivity index (χ2v) is 1.19. The van der Waals surface area contributed by atoms with E-state index in [9.17, 15) is 4.79 Å². The summed E-state index contributed by atoms with van der Waals surface area (Å²) in [5.74, 6) is 0. The number of carbonyl (C=O) groups excluding carboxylic acids is 1. The van der Waals surface area contributed by atoms with E-state index in [1.807, 2.05) is 0 Å². The molecular formula is C2H3BClNO. The van der Waals surface area contributed by atoms with Gasteiger partial charge >= 0.3 is 5.37 Å². The summed E-state index contributed by atoms with van der Waals surface area (Å²) >= 11 is 4.77. The molecule has 0 aromatic carbocycles. The molecule has 0 N–H and O–H groups in total. The molecule has 0 saturated carbocycles. The Morgan fingerprint density at radius 1 is 2.00 bits per heavy atom. The average molecular weight is 103 g/mol. The van der Waals surface area contributed by atoms with Gasteiger partial charge in [0.2, 0.25) is 7.98 Å². The molecule has 6 heavy (non-hydrogen) atoms. The molecule has 0 saturated heterocycles. The fourth-order valence-corrected chi connectivity index (χ4v) is 0. The molecular weight excluding hydrogens is 100 g/mol.